The van der Waals surface area contributed by atoms with Crippen molar-refractivity contribution in [1.82, 2.24) is 14.5 Å². The van der Waals surface area contributed by atoms with E-state index in [1.807, 2.05) is 12.3 Å². The Hall–Kier alpha value is -1.37. The molecule has 0 unspecified atom stereocenters. The third-order valence-corrected chi connectivity index (χ3v) is 4.70. The van der Waals surface area contributed by atoms with Crippen LogP contribution in [0.3, 0.4) is 0 Å². The van der Waals surface area contributed by atoms with Crippen LogP contribution in [-0.4, -0.2) is 24.7 Å². The van der Waals surface area contributed by atoms with Crippen LogP contribution in [0.4, 0.5) is 0 Å². The lowest BCUT2D eigenvalue weighted by Crippen LogP contribution is -2.26. The van der Waals surface area contributed by atoms with Crippen LogP contribution in [0.25, 0.3) is 0 Å². The number of hydrogen-bond donors (Lipinski definition) is 1. The van der Waals surface area contributed by atoms with Crippen molar-refractivity contribution in [3.8, 4) is 0 Å². The highest BCUT2D eigenvalue weighted by atomic mass is 35.5. The van der Waals surface area contributed by atoms with Gasteiger partial charge in [-0.15, -0.1) is 0 Å². The maximum atomic E-state index is 12.1. The molecular formula is C13H16ClN3O2S. The van der Waals surface area contributed by atoms with Crippen LogP contribution >= 0.6 is 11.6 Å². The summed E-state index contributed by atoms with van der Waals surface area (Å²) in [4.78, 5) is 0.265. The van der Waals surface area contributed by atoms with Gasteiger partial charge in [0, 0.05) is 30.5 Å². The number of halogens is 1. The molecule has 0 atom stereocenters. The van der Waals surface area contributed by atoms with Crippen molar-refractivity contribution in [3.05, 3.63) is 47.2 Å². The molecule has 20 heavy (non-hydrogen) atoms. The molecule has 1 heterocycles. The zero-order valence-electron chi connectivity index (χ0n) is 11.1. The second-order valence-electron chi connectivity index (χ2n) is 4.43. The van der Waals surface area contributed by atoms with E-state index in [0.29, 0.717) is 30.1 Å². The van der Waals surface area contributed by atoms with Gasteiger partial charge in [-0.2, -0.15) is 5.10 Å². The first kappa shape index (κ1) is 15.0. The van der Waals surface area contributed by atoms with Crippen LogP contribution in [0.5, 0.6) is 0 Å². The molecule has 0 saturated heterocycles. The highest BCUT2D eigenvalue weighted by Crippen LogP contribution is 2.19. The first-order valence-corrected chi connectivity index (χ1v) is 8.08. The van der Waals surface area contributed by atoms with Crippen LogP contribution in [0.1, 0.15) is 12.0 Å². The SMILES string of the molecule is Cc1cc(Cl)ccc1S(=O)(=O)NCCCn1cccn1. The van der Waals surface area contributed by atoms with Gasteiger partial charge in [0.25, 0.3) is 0 Å². The van der Waals surface area contributed by atoms with E-state index in [1.165, 1.54) is 6.07 Å². The minimum Gasteiger partial charge on any atom is -0.273 e. The summed E-state index contributed by atoms with van der Waals surface area (Å²) in [6, 6.07) is 6.57. The first-order valence-electron chi connectivity index (χ1n) is 6.22. The largest absolute Gasteiger partial charge is 0.273 e. The van der Waals surface area contributed by atoms with Crippen LogP contribution in [0.2, 0.25) is 5.02 Å². The Morgan fingerprint density at radius 2 is 2.20 bits per heavy atom. The lowest BCUT2D eigenvalue weighted by molar-refractivity contribution is 0.552. The maximum Gasteiger partial charge on any atom is 0.240 e. The van der Waals surface area contributed by atoms with E-state index in [9.17, 15) is 8.42 Å². The molecule has 2 rings (SSSR count). The summed E-state index contributed by atoms with van der Waals surface area (Å²) < 4.78 is 28.6. The van der Waals surface area contributed by atoms with E-state index in [-0.39, 0.29) is 4.90 Å². The highest BCUT2D eigenvalue weighted by Gasteiger charge is 2.15. The minimum atomic E-state index is -3.49. The Kier molecular flexibility index (Phi) is 4.80. The topological polar surface area (TPSA) is 64.0 Å². The molecule has 1 N–H and O–H groups in total. The molecule has 0 spiro atoms. The van der Waals surface area contributed by atoms with E-state index >= 15 is 0 Å². The third-order valence-electron chi connectivity index (χ3n) is 2.84. The van der Waals surface area contributed by atoms with Crippen molar-refractivity contribution >= 4 is 21.6 Å². The fraction of sp³-hybridized carbons (Fsp3) is 0.308. The van der Waals surface area contributed by atoms with Gasteiger partial charge in [0.1, 0.15) is 0 Å². The fourth-order valence-corrected chi connectivity index (χ4v) is 3.40. The highest BCUT2D eigenvalue weighted by molar-refractivity contribution is 7.89. The van der Waals surface area contributed by atoms with Crippen LogP contribution in [0.15, 0.2) is 41.6 Å². The van der Waals surface area contributed by atoms with Gasteiger partial charge in [0.2, 0.25) is 10.0 Å². The number of sulfonamides is 1. The molecule has 0 aliphatic heterocycles. The number of aromatic nitrogens is 2. The van der Waals surface area contributed by atoms with Crippen LogP contribution in [-0.2, 0) is 16.6 Å². The van der Waals surface area contributed by atoms with E-state index in [1.54, 1.807) is 29.9 Å². The Morgan fingerprint density at radius 3 is 2.85 bits per heavy atom. The standard InChI is InChI=1S/C13H16ClN3O2S/c1-11-10-12(14)4-5-13(11)20(18,19)16-7-3-9-17-8-2-6-15-17/h2,4-6,8,10,16H,3,7,9H2,1H3. The molecule has 0 amide bonds. The normalized spacial score (nSPS) is 11.7. The molecule has 0 fully saturated rings. The predicted octanol–water partition coefficient (Wildman–Crippen LogP) is 2.21. The van der Waals surface area contributed by atoms with Crippen LogP contribution in [0, 0.1) is 6.92 Å². The number of nitrogens with zero attached hydrogens (tertiary/aromatic N) is 2. The summed E-state index contributed by atoms with van der Waals surface area (Å²) >= 11 is 5.83. The number of rotatable bonds is 6. The van der Waals surface area contributed by atoms with Gasteiger partial charge < -0.3 is 0 Å². The average molecular weight is 314 g/mol. The number of nitrogens with one attached hydrogen (secondary N) is 1. The molecule has 0 aliphatic carbocycles. The minimum absolute atomic E-state index is 0.265. The van der Waals surface area contributed by atoms with Gasteiger partial charge in [0.05, 0.1) is 4.90 Å². The van der Waals surface area contributed by atoms with Crippen molar-refractivity contribution in [2.75, 3.05) is 6.54 Å². The van der Waals surface area contributed by atoms with Gasteiger partial charge in [-0.05, 0) is 43.2 Å². The maximum absolute atomic E-state index is 12.1. The van der Waals surface area contributed by atoms with Crippen LogP contribution < -0.4 is 4.72 Å². The Balaban J connectivity index is 1.93. The monoisotopic (exact) mass is 313 g/mol. The zero-order valence-corrected chi connectivity index (χ0v) is 12.7. The summed E-state index contributed by atoms with van der Waals surface area (Å²) in [7, 11) is -3.49. The number of aryl methyl sites for hydroxylation is 2. The summed E-state index contributed by atoms with van der Waals surface area (Å²) in [5.41, 5.74) is 0.636. The van der Waals surface area contributed by atoms with Gasteiger partial charge >= 0.3 is 0 Å². The van der Waals surface area contributed by atoms with Crippen molar-refractivity contribution in [2.45, 2.75) is 24.8 Å². The number of benzene rings is 1. The van der Waals surface area contributed by atoms with Crippen molar-refractivity contribution in [1.29, 1.82) is 0 Å². The average Bonchev–Trinajstić information content (AvgIpc) is 2.87. The molecular weight excluding hydrogens is 298 g/mol. The van der Waals surface area contributed by atoms with E-state index in [2.05, 4.69) is 9.82 Å². The van der Waals surface area contributed by atoms with Gasteiger partial charge in [-0.3, -0.25) is 4.68 Å². The summed E-state index contributed by atoms with van der Waals surface area (Å²) in [5.74, 6) is 0. The molecule has 5 nitrogen and oxygen atoms in total. The smallest absolute Gasteiger partial charge is 0.240 e. The molecule has 0 aliphatic rings. The molecule has 1 aromatic carbocycles. The Bertz CT molecular complexity index is 669. The lowest BCUT2D eigenvalue weighted by atomic mass is 10.2. The summed E-state index contributed by atoms with van der Waals surface area (Å²) in [5, 5.41) is 4.58. The molecule has 108 valence electrons. The van der Waals surface area contributed by atoms with E-state index in [4.69, 9.17) is 11.6 Å². The molecule has 7 heteroatoms. The van der Waals surface area contributed by atoms with E-state index < -0.39 is 10.0 Å². The van der Waals surface area contributed by atoms with Gasteiger partial charge in [-0.1, -0.05) is 11.6 Å². The second-order valence-corrected chi connectivity index (χ2v) is 6.60. The molecule has 0 radical (unpaired) electrons. The third kappa shape index (κ3) is 3.82. The first-order chi connectivity index (χ1) is 9.49. The second kappa shape index (κ2) is 6.39. The summed E-state index contributed by atoms with van der Waals surface area (Å²) in [6.07, 6.45) is 4.21. The quantitative estimate of drug-likeness (QED) is 0.832. The van der Waals surface area contributed by atoms with E-state index in [0.717, 1.165) is 0 Å². The Morgan fingerprint density at radius 1 is 1.40 bits per heavy atom. The predicted molar refractivity (Wildman–Crippen MR) is 78.2 cm³/mol. The lowest BCUT2D eigenvalue weighted by Gasteiger charge is -2.09. The Labute approximate surface area is 123 Å². The van der Waals surface area contributed by atoms with Gasteiger partial charge in [0.15, 0.2) is 0 Å². The fourth-order valence-electron chi connectivity index (χ4n) is 1.87. The molecule has 0 saturated carbocycles. The molecule has 1 aromatic heterocycles. The molecule has 2 aromatic rings. The van der Waals surface area contributed by atoms with Crippen molar-refractivity contribution in [3.63, 3.8) is 0 Å². The van der Waals surface area contributed by atoms with Gasteiger partial charge in [-0.25, -0.2) is 13.1 Å². The number of hydrogen-bond acceptors (Lipinski definition) is 3. The summed E-state index contributed by atoms with van der Waals surface area (Å²) in [6.45, 7) is 2.77. The zero-order chi connectivity index (χ0) is 14.6. The van der Waals surface area contributed by atoms with Crippen molar-refractivity contribution < 1.29 is 8.42 Å². The van der Waals surface area contributed by atoms with Crippen molar-refractivity contribution in [2.24, 2.45) is 0 Å². The molecule has 0 bridgehead atoms.